The molecule has 3 aromatic carbocycles. The van der Waals surface area contributed by atoms with E-state index in [2.05, 4.69) is 4.90 Å². The number of benzene rings is 3. The minimum atomic E-state index is -3.73. The normalized spacial score (nSPS) is 23.0. The van der Waals surface area contributed by atoms with Crippen molar-refractivity contribution in [2.24, 2.45) is 0 Å². The summed E-state index contributed by atoms with van der Waals surface area (Å²) in [6, 6.07) is 22.1. The van der Waals surface area contributed by atoms with Crippen LogP contribution in [0.4, 0.5) is 10.1 Å². The van der Waals surface area contributed by atoms with Gasteiger partial charge in [-0.2, -0.15) is 0 Å². The number of aliphatic hydroxyl groups excluding tert-OH is 1. The molecule has 5 nitrogen and oxygen atoms in total. The summed E-state index contributed by atoms with van der Waals surface area (Å²) in [6.45, 7) is 0.798. The average Bonchev–Trinajstić information content (AvgIpc) is 2.79. The Morgan fingerprint density at radius 2 is 1.61 bits per heavy atom. The SMILES string of the molecule is O=S(=O)(c1ccccc1)N1C[C@@H]2[C@H](c3ccccc31)[C@H](CO)N2Cc1ccc(F)cc1. The molecular formula is C24H23FN2O3S. The van der Waals surface area contributed by atoms with Gasteiger partial charge >= 0.3 is 0 Å². The molecule has 1 N–H and O–H groups in total. The molecule has 2 aliphatic heterocycles. The van der Waals surface area contributed by atoms with Crippen LogP contribution in [0.1, 0.15) is 17.0 Å². The summed E-state index contributed by atoms with van der Waals surface area (Å²) in [5.74, 6) is -0.250. The van der Waals surface area contributed by atoms with Gasteiger partial charge in [-0.3, -0.25) is 9.21 Å². The van der Waals surface area contributed by atoms with Crippen molar-refractivity contribution in [1.82, 2.24) is 4.90 Å². The van der Waals surface area contributed by atoms with Gasteiger partial charge in [0.25, 0.3) is 10.0 Å². The lowest BCUT2D eigenvalue weighted by atomic mass is 9.72. The first-order valence-electron chi connectivity index (χ1n) is 10.3. The Hall–Kier alpha value is -2.74. The largest absolute Gasteiger partial charge is 0.395 e. The molecule has 7 heteroatoms. The van der Waals surface area contributed by atoms with Crippen LogP contribution >= 0.6 is 0 Å². The predicted octanol–water partition coefficient (Wildman–Crippen LogP) is 3.36. The van der Waals surface area contributed by atoms with Crippen LogP contribution in [0.15, 0.2) is 83.8 Å². The van der Waals surface area contributed by atoms with Crippen molar-refractivity contribution in [3.63, 3.8) is 0 Å². The number of halogens is 1. The number of anilines is 1. The van der Waals surface area contributed by atoms with Gasteiger partial charge in [0.1, 0.15) is 5.82 Å². The van der Waals surface area contributed by atoms with Gasteiger partial charge in [-0.25, -0.2) is 12.8 Å². The number of para-hydroxylation sites is 1. The van der Waals surface area contributed by atoms with Crippen LogP contribution in [0.2, 0.25) is 0 Å². The second-order valence-corrected chi connectivity index (χ2v) is 9.91. The monoisotopic (exact) mass is 438 g/mol. The molecule has 31 heavy (non-hydrogen) atoms. The van der Waals surface area contributed by atoms with E-state index in [-0.39, 0.29) is 35.3 Å². The van der Waals surface area contributed by atoms with Crippen molar-refractivity contribution >= 4 is 15.7 Å². The molecule has 1 saturated heterocycles. The van der Waals surface area contributed by atoms with Crippen molar-refractivity contribution in [2.75, 3.05) is 17.5 Å². The Morgan fingerprint density at radius 3 is 2.32 bits per heavy atom. The number of hydrogen-bond donors (Lipinski definition) is 1. The highest BCUT2D eigenvalue weighted by molar-refractivity contribution is 7.92. The predicted molar refractivity (Wildman–Crippen MR) is 117 cm³/mol. The van der Waals surface area contributed by atoms with Crippen LogP contribution in [-0.4, -0.2) is 43.7 Å². The summed E-state index contributed by atoms with van der Waals surface area (Å²) >= 11 is 0. The molecule has 0 aliphatic carbocycles. The van der Waals surface area contributed by atoms with Crippen LogP contribution in [-0.2, 0) is 16.6 Å². The minimum Gasteiger partial charge on any atom is -0.395 e. The smallest absolute Gasteiger partial charge is 0.264 e. The molecule has 5 rings (SSSR count). The Bertz CT molecular complexity index is 1180. The molecule has 0 unspecified atom stereocenters. The lowest BCUT2D eigenvalue weighted by molar-refractivity contribution is -0.0477. The first-order valence-corrected chi connectivity index (χ1v) is 11.7. The van der Waals surface area contributed by atoms with Gasteiger partial charge < -0.3 is 5.11 Å². The maximum absolute atomic E-state index is 13.5. The van der Waals surface area contributed by atoms with Gasteiger partial charge in [0.2, 0.25) is 0 Å². The van der Waals surface area contributed by atoms with Gasteiger partial charge in [-0.15, -0.1) is 0 Å². The van der Waals surface area contributed by atoms with E-state index in [1.807, 2.05) is 24.3 Å². The number of nitrogens with zero attached hydrogens (tertiary/aromatic N) is 2. The second-order valence-electron chi connectivity index (χ2n) is 8.05. The molecule has 160 valence electrons. The minimum absolute atomic E-state index is 0.0257. The van der Waals surface area contributed by atoms with Crippen LogP contribution in [0.5, 0.6) is 0 Å². The van der Waals surface area contributed by atoms with Crippen LogP contribution in [0.3, 0.4) is 0 Å². The fourth-order valence-electron chi connectivity index (χ4n) is 4.91. The van der Waals surface area contributed by atoms with Crippen molar-refractivity contribution in [3.05, 3.63) is 95.8 Å². The summed E-state index contributed by atoms with van der Waals surface area (Å²) in [6.07, 6.45) is 0. The van der Waals surface area contributed by atoms with E-state index in [9.17, 15) is 17.9 Å². The Labute approximate surface area is 181 Å². The maximum Gasteiger partial charge on any atom is 0.264 e. The summed E-state index contributed by atoms with van der Waals surface area (Å²) in [5, 5.41) is 10.1. The molecule has 0 radical (unpaired) electrons. The van der Waals surface area contributed by atoms with Crippen LogP contribution in [0, 0.1) is 5.82 Å². The number of hydrogen-bond acceptors (Lipinski definition) is 4. The van der Waals surface area contributed by atoms with Gasteiger partial charge in [-0.05, 0) is 41.5 Å². The molecule has 0 aromatic heterocycles. The first-order chi connectivity index (χ1) is 15.0. The number of fused-ring (bicyclic) bond motifs is 3. The highest BCUT2D eigenvalue weighted by Crippen LogP contribution is 2.49. The molecule has 1 fully saturated rings. The fraction of sp³-hybridized carbons (Fsp3) is 0.250. The highest BCUT2D eigenvalue weighted by Gasteiger charge is 2.53. The number of sulfonamides is 1. The van der Waals surface area contributed by atoms with Crippen molar-refractivity contribution in [3.8, 4) is 0 Å². The van der Waals surface area contributed by atoms with E-state index in [1.165, 1.54) is 16.4 Å². The zero-order chi connectivity index (χ0) is 21.6. The van der Waals surface area contributed by atoms with Gasteiger partial charge in [0, 0.05) is 24.5 Å². The van der Waals surface area contributed by atoms with Crippen LogP contribution < -0.4 is 4.31 Å². The van der Waals surface area contributed by atoms with Crippen molar-refractivity contribution < 1.29 is 17.9 Å². The second kappa shape index (κ2) is 7.75. The first kappa shape index (κ1) is 20.2. The third kappa shape index (κ3) is 3.33. The average molecular weight is 439 g/mol. The Balaban J connectivity index is 1.53. The van der Waals surface area contributed by atoms with E-state index in [0.29, 0.717) is 18.8 Å². The molecule has 2 aliphatic rings. The molecule has 3 aromatic rings. The summed E-state index contributed by atoms with van der Waals surface area (Å²) in [7, 11) is -3.73. The number of aliphatic hydroxyl groups is 1. The fourth-order valence-corrected chi connectivity index (χ4v) is 6.44. The van der Waals surface area contributed by atoms with E-state index in [1.54, 1.807) is 42.5 Å². The molecule has 2 heterocycles. The zero-order valence-electron chi connectivity index (χ0n) is 16.8. The van der Waals surface area contributed by atoms with Crippen molar-refractivity contribution in [1.29, 1.82) is 0 Å². The molecule has 0 bridgehead atoms. The zero-order valence-corrected chi connectivity index (χ0v) is 17.6. The Morgan fingerprint density at radius 1 is 0.935 bits per heavy atom. The topological polar surface area (TPSA) is 60.9 Å². The summed E-state index contributed by atoms with van der Waals surface area (Å²) in [4.78, 5) is 2.38. The van der Waals surface area contributed by atoms with Gasteiger partial charge in [0.15, 0.2) is 0 Å². The number of rotatable bonds is 5. The molecule has 0 saturated carbocycles. The van der Waals surface area contributed by atoms with Gasteiger partial charge in [0.05, 0.1) is 23.7 Å². The maximum atomic E-state index is 13.5. The third-order valence-corrected chi connectivity index (χ3v) is 8.19. The number of likely N-dealkylation sites (tertiary alicyclic amines) is 1. The Kier molecular flexibility index (Phi) is 5.04. The van der Waals surface area contributed by atoms with Crippen molar-refractivity contribution in [2.45, 2.75) is 29.4 Å². The van der Waals surface area contributed by atoms with Gasteiger partial charge in [-0.1, -0.05) is 48.5 Å². The highest BCUT2D eigenvalue weighted by atomic mass is 32.2. The lowest BCUT2D eigenvalue weighted by Crippen LogP contribution is -2.68. The third-order valence-electron chi connectivity index (χ3n) is 6.40. The standard InChI is InChI=1S/C24H23FN2O3S/c25-18-12-10-17(11-13-18)14-26-22-15-27(31(29,30)19-6-2-1-3-7-19)21-9-5-4-8-20(21)24(22)23(26)16-28/h1-13,22-24,28H,14-16H2/t22-,23+,24+/m1/s1. The summed E-state index contributed by atoms with van der Waals surface area (Å²) in [5.41, 5.74) is 2.54. The molecular weight excluding hydrogens is 415 g/mol. The molecule has 0 amide bonds. The summed E-state index contributed by atoms with van der Waals surface area (Å²) < 4.78 is 41.8. The molecule has 3 atom stereocenters. The quantitative estimate of drug-likeness (QED) is 0.664. The van der Waals surface area contributed by atoms with Crippen LogP contribution in [0.25, 0.3) is 0 Å². The lowest BCUT2D eigenvalue weighted by Gasteiger charge is -2.59. The molecule has 0 spiro atoms. The van der Waals surface area contributed by atoms with E-state index >= 15 is 0 Å². The van der Waals surface area contributed by atoms with E-state index in [4.69, 9.17) is 0 Å². The van der Waals surface area contributed by atoms with E-state index in [0.717, 1.165) is 11.1 Å². The van der Waals surface area contributed by atoms with E-state index < -0.39 is 10.0 Å².